The van der Waals surface area contributed by atoms with Gasteiger partial charge >= 0.3 is 0 Å². The first-order valence-corrected chi connectivity index (χ1v) is 10.5. The third kappa shape index (κ3) is 2.91. The Bertz CT molecular complexity index is 1270. The number of rotatable bonds is 2. The molecule has 1 saturated carbocycles. The fourth-order valence-electron chi connectivity index (χ4n) is 5.02. The van der Waals surface area contributed by atoms with E-state index in [1.807, 2.05) is 18.2 Å². The van der Waals surface area contributed by atoms with Crippen molar-refractivity contribution in [3.8, 4) is 17.3 Å². The van der Waals surface area contributed by atoms with Crippen molar-refractivity contribution in [1.82, 2.24) is 0 Å². The van der Waals surface area contributed by atoms with Crippen molar-refractivity contribution in [2.75, 3.05) is 0 Å². The fourth-order valence-corrected chi connectivity index (χ4v) is 5.02. The van der Waals surface area contributed by atoms with Gasteiger partial charge in [-0.05, 0) is 61.1 Å². The molecule has 0 N–H and O–H groups in total. The van der Waals surface area contributed by atoms with Gasteiger partial charge in [0.1, 0.15) is 18.2 Å². The minimum atomic E-state index is 0.583. The van der Waals surface area contributed by atoms with Gasteiger partial charge in [0, 0.05) is 22.9 Å². The molecule has 2 aromatic carbocycles. The number of furan rings is 1. The van der Waals surface area contributed by atoms with E-state index in [0.717, 1.165) is 27.8 Å². The van der Waals surface area contributed by atoms with Crippen LogP contribution < -0.4 is 4.57 Å². The summed E-state index contributed by atoms with van der Waals surface area (Å²) in [6, 6.07) is 16.8. The smallest absolute Gasteiger partial charge is 0.216 e. The number of benzene rings is 2. The van der Waals surface area contributed by atoms with E-state index < -0.39 is 0 Å². The molecule has 1 fully saturated rings. The van der Waals surface area contributed by atoms with Crippen LogP contribution in [0.4, 0.5) is 0 Å². The highest BCUT2D eigenvalue weighted by Gasteiger charge is 2.26. The molecule has 0 unspecified atom stereocenters. The second-order valence-corrected chi connectivity index (χ2v) is 8.32. The summed E-state index contributed by atoms with van der Waals surface area (Å²) in [7, 11) is 2.08. The van der Waals surface area contributed by atoms with E-state index in [1.54, 1.807) is 0 Å². The average Bonchev–Trinajstić information content (AvgIpc) is 3.13. The number of aryl methyl sites for hydroxylation is 2. The fraction of sp³-hybridized carbons (Fsp3) is 0.308. The van der Waals surface area contributed by atoms with Crippen LogP contribution in [0.15, 0.2) is 53.1 Å². The summed E-state index contributed by atoms with van der Waals surface area (Å²) < 4.78 is 8.63. The van der Waals surface area contributed by atoms with E-state index in [2.05, 4.69) is 55.1 Å². The lowest BCUT2D eigenvalue weighted by Gasteiger charge is -2.23. The van der Waals surface area contributed by atoms with Gasteiger partial charge in [0.05, 0.1) is 17.2 Å². The van der Waals surface area contributed by atoms with Crippen LogP contribution in [0.1, 0.15) is 54.7 Å². The van der Waals surface area contributed by atoms with Gasteiger partial charge in [0.2, 0.25) is 5.69 Å². The average molecular weight is 381 g/mol. The number of pyridine rings is 1. The topological polar surface area (TPSA) is 40.8 Å². The maximum Gasteiger partial charge on any atom is 0.216 e. The lowest BCUT2D eigenvalue weighted by Crippen LogP contribution is -2.30. The van der Waals surface area contributed by atoms with Crippen LogP contribution in [0.3, 0.4) is 0 Å². The maximum atomic E-state index is 9.35. The monoisotopic (exact) mass is 381 g/mol. The normalized spacial score (nSPS) is 15.1. The highest BCUT2D eigenvalue weighted by molar-refractivity contribution is 6.12. The summed E-state index contributed by atoms with van der Waals surface area (Å²) in [5, 5.41) is 11.7. The molecule has 29 heavy (non-hydrogen) atoms. The molecule has 5 rings (SSSR count). The van der Waals surface area contributed by atoms with E-state index in [-0.39, 0.29) is 0 Å². The predicted octanol–water partition coefficient (Wildman–Crippen LogP) is 6.31. The van der Waals surface area contributed by atoms with Crippen LogP contribution in [-0.4, -0.2) is 0 Å². The highest BCUT2D eigenvalue weighted by Crippen LogP contribution is 2.44. The molecule has 144 valence electrons. The molecule has 2 heterocycles. The van der Waals surface area contributed by atoms with Crippen molar-refractivity contribution >= 4 is 21.9 Å². The predicted molar refractivity (Wildman–Crippen MR) is 116 cm³/mol. The highest BCUT2D eigenvalue weighted by atomic mass is 16.3. The Kier molecular flexibility index (Phi) is 4.36. The first-order valence-electron chi connectivity index (χ1n) is 10.5. The number of nitrogens with zero attached hydrogens (tertiary/aromatic N) is 2. The van der Waals surface area contributed by atoms with E-state index in [0.29, 0.717) is 11.5 Å². The summed E-state index contributed by atoms with van der Waals surface area (Å²) in [4.78, 5) is 0. The van der Waals surface area contributed by atoms with Gasteiger partial charge in [-0.3, -0.25) is 0 Å². The minimum absolute atomic E-state index is 0.583. The molecule has 2 aromatic heterocycles. The second-order valence-electron chi connectivity index (χ2n) is 8.32. The second kappa shape index (κ2) is 7.04. The summed E-state index contributed by atoms with van der Waals surface area (Å²) in [6.07, 6.45) is 8.51. The molecule has 0 bridgehead atoms. The van der Waals surface area contributed by atoms with Crippen LogP contribution in [0.5, 0.6) is 0 Å². The van der Waals surface area contributed by atoms with Gasteiger partial charge < -0.3 is 4.42 Å². The van der Waals surface area contributed by atoms with Gasteiger partial charge in [0.15, 0.2) is 6.20 Å². The first kappa shape index (κ1) is 17.9. The Morgan fingerprint density at radius 2 is 1.90 bits per heavy atom. The Hall–Kier alpha value is -3.12. The van der Waals surface area contributed by atoms with E-state index in [9.17, 15) is 5.26 Å². The molecule has 1 aliphatic carbocycles. The molecular formula is C26H25N2O+. The van der Waals surface area contributed by atoms with E-state index in [4.69, 9.17) is 4.42 Å². The standard InChI is InChI=1S/C26H25N2O/c1-17-14-21(19-8-4-3-5-9-19)25-20-12-11-18(16-27)15-23(20)29-26(25)24(17)22-10-6-7-13-28(22)2/h6-7,10-15,19H,3-5,8-9H2,1-2H3/q+1. The van der Waals surface area contributed by atoms with Crippen molar-refractivity contribution < 1.29 is 8.98 Å². The Morgan fingerprint density at radius 3 is 2.66 bits per heavy atom. The summed E-state index contributed by atoms with van der Waals surface area (Å²) in [6.45, 7) is 2.20. The van der Waals surface area contributed by atoms with Crippen LogP contribution in [0.25, 0.3) is 33.2 Å². The van der Waals surface area contributed by atoms with Gasteiger partial charge in [-0.15, -0.1) is 0 Å². The number of hydrogen-bond donors (Lipinski definition) is 0. The number of hydrogen-bond acceptors (Lipinski definition) is 2. The third-order valence-electron chi connectivity index (χ3n) is 6.46. The van der Waals surface area contributed by atoms with E-state index in [1.165, 1.54) is 48.6 Å². The van der Waals surface area contributed by atoms with Gasteiger partial charge in [-0.2, -0.15) is 5.26 Å². The SMILES string of the molecule is Cc1cc(C2CCCCC2)c2c(oc3cc(C#N)ccc32)c1-c1cccc[n+]1C. The molecule has 0 saturated heterocycles. The summed E-state index contributed by atoms with van der Waals surface area (Å²) in [5.41, 5.74) is 7.36. The molecule has 0 spiro atoms. The zero-order valence-corrected chi connectivity index (χ0v) is 17.0. The molecule has 1 aliphatic rings. The first-order chi connectivity index (χ1) is 14.2. The minimum Gasteiger partial charge on any atom is -0.455 e. The largest absolute Gasteiger partial charge is 0.455 e. The van der Waals surface area contributed by atoms with Crippen molar-refractivity contribution in [2.24, 2.45) is 7.05 Å². The van der Waals surface area contributed by atoms with Crippen LogP contribution in [0, 0.1) is 18.3 Å². The van der Waals surface area contributed by atoms with E-state index >= 15 is 0 Å². The lowest BCUT2D eigenvalue weighted by atomic mass is 9.81. The number of aromatic nitrogens is 1. The third-order valence-corrected chi connectivity index (χ3v) is 6.46. The molecule has 3 heteroatoms. The van der Waals surface area contributed by atoms with Gasteiger partial charge in [-0.25, -0.2) is 4.57 Å². The van der Waals surface area contributed by atoms with Crippen molar-refractivity contribution in [3.05, 3.63) is 65.4 Å². The zero-order chi connectivity index (χ0) is 20.0. The summed E-state index contributed by atoms with van der Waals surface area (Å²) >= 11 is 0. The molecule has 0 amide bonds. The van der Waals surface area contributed by atoms with Gasteiger partial charge in [0.25, 0.3) is 0 Å². The number of nitriles is 1. The molecule has 0 atom stereocenters. The van der Waals surface area contributed by atoms with Crippen LogP contribution >= 0.6 is 0 Å². The van der Waals surface area contributed by atoms with Crippen LogP contribution in [0.2, 0.25) is 0 Å². The van der Waals surface area contributed by atoms with Gasteiger partial charge in [-0.1, -0.05) is 25.3 Å². The summed E-state index contributed by atoms with van der Waals surface area (Å²) in [5.74, 6) is 0.583. The molecule has 4 aromatic rings. The molecule has 0 radical (unpaired) electrons. The zero-order valence-electron chi connectivity index (χ0n) is 17.0. The van der Waals surface area contributed by atoms with Crippen molar-refractivity contribution in [3.63, 3.8) is 0 Å². The Labute approximate surface area is 171 Å². The molecular weight excluding hydrogens is 356 g/mol. The van der Waals surface area contributed by atoms with Crippen molar-refractivity contribution in [2.45, 2.75) is 44.9 Å². The quantitative estimate of drug-likeness (QED) is 0.382. The molecule has 0 aliphatic heterocycles. The Balaban J connectivity index is 1.89. The number of fused-ring (bicyclic) bond motifs is 3. The lowest BCUT2D eigenvalue weighted by molar-refractivity contribution is -0.660. The maximum absolute atomic E-state index is 9.35. The molecule has 3 nitrogen and oxygen atoms in total. The van der Waals surface area contributed by atoms with Crippen molar-refractivity contribution in [1.29, 1.82) is 5.26 Å². The Morgan fingerprint density at radius 1 is 1.07 bits per heavy atom. The van der Waals surface area contributed by atoms with Crippen LogP contribution in [-0.2, 0) is 7.05 Å².